The van der Waals surface area contributed by atoms with Crippen LogP contribution in [0.3, 0.4) is 0 Å². The smallest absolute Gasteiger partial charge is 0.142 e. The van der Waals surface area contributed by atoms with Crippen LogP contribution in [0.25, 0.3) is 0 Å². The summed E-state index contributed by atoms with van der Waals surface area (Å²) in [6, 6.07) is 9.89. The molecule has 0 bridgehead atoms. The fourth-order valence-corrected chi connectivity index (χ4v) is 3.50. The van der Waals surface area contributed by atoms with Crippen molar-refractivity contribution in [1.29, 1.82) is 0 Å². The summed E-state index contributed by atoms with van der Waals surface area (Å²) in [6.07, 6.45) is 1.01. The molecular weight excluding hydrogens is 364 g/mol. The van der Waals surface area contributed by atoms with Crippen LogP contribution in [0.15, 0.2) is 44.7 Å². The highest BCUT2D eigenvalue weighted by Gasteiger charge is 2.07. The minimum absolute atomic E-state index is 0.248. The number of carbonyl (C=O) groups excluding carboxylic acids is 1. The first-order valence-electron chi connectivity index (χ1n) is 5.12. The molecule has 0 radical (unpaired) electrons. The Balaban J connectivity index is 1.98. The van der Waals surface area contributed by atoms with Crippen LogP contribution < -0.4 is 0 Å². The quantitative estimate of drug-likeness (QED) is 0.763. The topological polar surface area (TPSA) is 17.1 Å². The standard InChI is InChI=1S/C13H10Br2OS/c14-10-3-1-2-9(4-10)5-12(16)7-13-6-11(15)8-17-13/h1-4,6,8H,5,7H2. The van der Waals surface area contributed by atoms with E-state index in [-0.39, 0.29) is 5.78 Å². The molecular formula is C13H10Br2OS. The summed E-state index contributed by atoms with van der Waals surface area (Å²) in [6.45, 7) is 0. The molecule has 0 aliphatic heterocycles. The summed E-state index contributed by atoms with van der Waals surface area (Å²) >= 11 is 8.41. The van der Waals surface area contributed by atoms with E-state index in [0.717, 1.165) is 19.4 Å². The lowest BCUT2D eigenvalue weighted by molar-refractivity contribution is -0.117. The Labute approximate surface area is 121 Å². The average Bonchev–Trinajstić information content (AvgIpc) is 2.63. The van der Waals surface area contributed by atoms with Gasteiger partial charge in [0, 0.05) is 32.0 Å². The fourth-order valence-electron chi connectivity index (χ4n) is 1.58. The van der Waals surface area contributed by atoms with Crippen LogP contribution in [0, 0.1) is 0 Å². The largest absolute Gasteiger partial charge is 0.299 e. The van der Waals surface area contributed by atoms with Gasteiger partial charge in [-0.3, -0.25) is 4.79 Å². The molecule has 4 heteroatoms. The van der Waals surface area contributed by atoms with Crippen molar-refractivity contribution in [2.24, 2.45) is 0 Å². The van der Waals surface area contributed by atoms with Gasteiger partial charge in [-0.05, 0) is 39.7 Å². The fraction of sp³-hybridized carbons (Fsp3) is 0.154. The van der Waals surface area contributed by atoms with Crippen molar-refractivity contribution in [3.8, 4) is 0 Å². The van der Waals surface area contributed by atoms with Gasteiger partial charge >= 0.3 is 0 Å². The Kier molecular flexibility index (Phi) is 4.54. The van der Waals surface area contributed by atoms with Gasteiger partial charge in [0.25, 0.3) is 0 Å². The number of carbonyl (C=O) groups is 1. The maximum atomic E-state index is 11.9. The van der Waals surface area contributed by atoms with Gasteiger partial charge in [0.1, 0.15) is 5.78 Å². The van der Waals surface area contributed by atoms with Crippen molar-refractivity contribution in [1.82, 2.24) is 0 Å². The van der Waals surface area contributed by atoms with Crippen molar-refractivity contribution in [3.05, 3.63) is 55.1 Å². The van der Waals surface area contributed by atoms with E-state index in [1.54, 1.807) is 11.3 Å². The monoisotopic (exact) mass is 372 g/mol. The highest BCUT2D eigenvalue weighted by atomic mass is 79.9. The lowest BCUT2D eigenvalue weighted by Crippen LogP contribution is -2.05. The molecule has 1 heterocycles. The zero-order chi connectivity index (χ0) is 12.3. The summed E-state index contributed by atoms with van der Waals surface area (Å²) in [4.78, 5) is 13.0. The molecule has 0 aliphatic rings. The SMILES string of the molecule is O=C(Cc1cccc(Br)c1)Cc1cc(Br)cs1. The predicted molar refractivity (Wildman–Crippen MR) is 78.6 cm³/mol. The second kappa shape index (κ2) is 5.94. The second-order valence-corrected chi connectivity index (χ2v) is 6.58. The van der Waals surface area contributed by atoms with Gasteiger partial charge in [-0.2, -0.15) is 0 Å². The van der Waals surface area contributed by atoms with Crippen LogP contribution in [0.2, 0.25) is 0 Å². The number of rotatable bonds is 4. The Morgan fingerprint density at radius 1 is 1.12 bits per heavy atom. The van der Waals surface area contributed by atoms with Crippen molar-refractivity contribution < 1.29 is 4.79 Å². The minimum Gasteiger partial charge on any atom is -0.299 e. The van der Waals surface area contributed by atoms with Gasteiger partial charge in [0.05, 0.1) is 0 Å². The molecule has 0 amide bonds. The molecule has 88 valence electrons. The highest BCUT2D eigenvalue weighted by molar-refractivity contribution is 9.10. The zero-order valence-electron chi connectivity index (χ0n) is 8.95. The van der Waals surface area contributed by atoms with E-state index in [1.165, 1.54) is 0 Å². The van der Waals surface area contributed by atoms with Gasteiger partial charge < -0.3 is 0 Å². The van der Waals surface area contributed by atoms with E-state index in [4.69, 9.17) is 0 Å². The Morgan fingerprint density at radius 3 is 2.59 bits per heavy atom. The van der Waals surface area contributed by atoms with Crippen LogP contribution in [-0.4, -0.2) is 5.78 Å². The molecule has 0 aliphatic carbocycles. The molecule has 0 N–H and O–H groups in total. The molecule has 1 aromatic heterocycles. The molecule has 2 aromatic rings. The number of benzene rings is 1. The van der Waals surface area contributed by atoms with Crippen molar-refractivity contribution in [3.63, 3.8) is 0 Å². The molecule has 0 spiro atoms. The maximum Gasteiger partial charge on any atom is 0.142 e. The first kappa shape index (κ1) is 13.0. The lowest BCUT2D eigenvalue weighted by atomic mass is 10.1. The first-order chi connectivity index (χ1) is 8.13. The number of Topliss-reactive ketones (excluding diaryl/α,β-unsaturated/α-hetero) is 1. The van der Waals surface area contributed by atoms with Gasteiger partial charge in [0.2, 0.25) is 0 Å². The summed E-state index contributed by atoms with van der Waals surface area (Å²) in [5.41, 5.74) is 1.06. The Morgan fingerprint density at radius 2 is 1.94 bits per heavy atom. The highest BCUT2D eigenvalue weighted by Crippen LogP contribution is 2.21. The van der Waals surface area contributed by atoms with Gasteiger partial charge in [-0.15, -0.1) is 11.3 Å². The maximum absolute atomic E-state index is 11.9. The third-order valence-corrected chi connectivity index (χ3v) is 4.47. The van der Waals surface area contributed by atoms with Crippen LogP contribution >= 0.6 is 43.2 Å². The first-order valence-corrected chi connectivity index (χ1v) is 7.59. The normalized spacial score (nSPS) is 10.5. The molecule has 1 aromatic carbocycles. The average molecular weight is 374 g/mol. The Hall–Kier alpha value is -0.450. The van der Waals surface area contributed by atoms with Crippen molar-refractivity contribution in [2.75, 3.05) is 0 Å². The van der Waals surface area contributed by atoms with Gasteiger partial charge in [-0.1, -0.05) is 28.1 Å². The zero-order valence-corrected chi connectivity index (χ0v) is 12.9. The summed E-state index contributed by atoms with van der Waals surface area (Å²) < 4.78 is 2.06. The van der Waals surface area contributed by atoms with E-state index >= 15 is 0 Å². The number of thiophene rings is 1. The molecule has 0 fully saturated rings. The molecule has 17 heavy (non-hydrogen) atoms. The lowest BCUT2D eigenvalue weighted by Gasteiger charge is -2.00. The minimum atomic E-state index is 0.248. The predicted octanol–water partition coefficient (Wildman–Crippen LogP) is 4.63. The van der Waals surface area contributed by atoms with E-state index in [0.29, 0.717) is 12.8 Å². The summed E-state index contributed by atoms with van der Waals surface area (Å²) in [5.74, 6) is 0.248. The van der Waals surface area contributed by atoms with Gasteiger partial charge in [0.15, 0.2) is 0 Å². The second-order valence-electron chi connectivity index (χ2n) is 3.75. The third-order valence-electron chi connectivity index (χ3n) is 2.28. The molecule has 0 atom stereocenters. The summed E-state index contributed by atoms with van der Waals surface area (Å²) in [7, 11) is 0. The van der Waals surface area contributed by atoms with Crippen LogP contribution in [0.5, 0.6) is 0 Å². The number of hydrogen-bond donors (Lipinski definition) is 0. The number of ketones is 1. The molecule has 0 saturated carbocycles. The number of halogens is 2. The Bertz CT molecular complexity index is 534. The number of hydrogen-bond acceptors (Lipinski definition) is 2. The van der Waals surface area contributed by atoms with Crippen molar-refractivity contribution >= 4 is 49.0 Å². The molecule has 0 unspecified atom stereocenters. The van der Waals surface area contributed by atoms with E-state index in [2.05, 4.69) is 31.9 Å². The van der Waals surface area contributed by atoms with E-state index in [1.807, 2.05) is 35.7 Å². The van der Waals surface area contributed by atoms with Crippen LogP contribution in [0.1, 0.15) is 10.4 Å². The molecule has 2 rings (SSSR count). The van der Waals surface area contributed by atoms with Gasteiger partial charge in [-0.25, -0.2) is 0 Å². The van der Waals surface area contributed by atoms with E-state index in [9.17, 15) is 4.79 Å². The van der Waals surface area contributed by atoms with Crippen molar-refractivity contribution in [2.45, 2.75) is 12.8 Å². The van der Waals surface area contributed by atoms with Crippen LogP contribution in [-0.2, 0) is 17.6 Å². The summed E-state index contributed by atoms with van der Waals surface area (Å²) in [5, 5.41) is 2.00. The molecule has 1 nitrogen and oxygen atoms in total. The van der Waals surface area contributed by atoms with Crippen LogP contribution in [0.4, 0.5) is 0 Å². The molecule has 0 saturated heterocycles. The van der Waals surface area contributed by atoms with E-state index < -0.39 is 0 Å². The third kappa shape index (κ3) is 4.05.